The van der Waals surface area contributed by atoms with Crippen molar-refractivity contribution >= 4 is 23.2 Å². The summed E-state index contributed by atoms with van der Waals surface area (Å²) in [6.45, 7) is 0. The molecule has 0 spiro atoms. The normalized spacial score (nSPS) is 20.0. The largest absolute Gasteiger partial charge is 0.347 e. The average Bonchev–Trinajstić information content (AvgIpc) is 2.50. The van der Waals surface area contributed by atoms with E-state index in [9.17, 15) is 13.6 Å². The van der Waals surface area contributed by atoms with Crippen molar-refractivity contribution in [2.24, 2.45) is 0 Å². The first-order valence-corrected chi connectivity index (χ1v) is 4.55. The van der Waals surface area contributed by atoms with Gasteiger partial charge in [0, 0.05) is 5.56 Å². The van der Waals surface area contributed by atoms with Gasteiger partial charge in [-0.05, 0) is 30.4 Å². The molecule has 1 unspecified atom stereocenters. The lowest BCUT2D eigenvalue weighted by molar-refractivity contribution is -0.120. The van der Waals surface area contributed by atoms with Gasteiger partial charge in [0.25, 0.3) is 5.91 Å². The standard InChI is InChI=1S/C9H6F2N2OS/c10-4-1-2-6(11)5(3-4)7-8(14)13-9(15)12-7/h1-3,7H,(H2,12,13,14,15). The van der Waals surface area contributed by atoms with Gasteiger partial charge < -0.3 is 10.6 Å². The summed E-state index contributed by atoms with van der Waals surface area (Å²) in [5.74, 6) is -1.72. The minimum atomic E-state index is -0.951. The Morgan fingerprint density at radius 1 is 1.33 bits per heavy atom. The predicted octanol–water partition coefficient (Wildman–Crippen LogP) is 1.01. The quantitative estimate of drug-likeness (QED) is 0.705. The number of hydrogen-bond donors (Lipinski definition) is 2. The monoisotopic (exact) mass is 228 g/mol. The predicted molar refractivity (Wildman–Crippen MR) is 53.0 cm³/mol. The Morgan fingerprint density at radius 3 is 2.67 bits per heavy atom. The van der Waals surface area contributed by atoms with Crippen LogP contribution < -0.4 is 10.6 Å². The zero-order valence-electron chi connectivity index (χ0n) is 7.38. The number of benzene rings is 1. The molecule has 6 heteroatoms. The number of carbonyl (C=O) groups excluding carboxylic acids is 1. The summed E-state index contributed by atoms with van der Waals surface area (Å²) >= 11 is 4.69. The lowest BCUT2D eigenvalue weighted by atomic mass is 10.1. The first-order valence-electron chi connectivity index (χ1n) is 4.14. The maximum atomic E-state index is 13.3. The van der Waals surface area contributed by atoms with E-state index in [-0.39, 0.29) is 10.7 Å². The van der Waals surface area contributed by atoms with Crippen LogP contribution in [0.3, 0.4) is 0 Å². The second kappa shape index (κ2) is 3.54. The zero-order chi connectivity index (χ0) is 11.0. The highest BCUT2D eigenvalue weighted by atomic mass is 32.1. The lowest BCUT2D eigenvalue weighted by Gasteiger charge is -2.08. The molecule has 0 aliphatic carbocycles. The molecule has 3 nitrogen and oxygen atoms in total. The number of thiocarbonyl (C=S) groups is 1. The van der Waals surface area contributed by atoms with Crippen LogP contribution in [0.15, 0.2) is 18.2 Å². The van der Waals surface area contributed by atoms with E-state index >= 15 is 0 Å². The van der Waals surface area contributed by atoms with Gasteiger partial charge in [0.05, 0.1) is 0 Å². The maximum absolute atomic E-state index is 13.3. The molecule has 78 valence electrons. The fourth-order valence-corrected chi connectivity index (χ4v) is 1.59. The fraction of sp³-hybridized carbons (Fsp3) is 0.111. The highest BCUT2D eigenvalue weighted by molar-refractivity contribution is 7.80. The van der Waals surface area contributed by atoms with Crippen molar-refractivity contribution in [1.82, 2.24) is 10.6 Å². The van der Waals surface area contributed by atoms with Crippen LogP contribution in [0.25, 0.3) is 0 Å². The molecule has 1 aliphatic heterocycles. The van der Waals surface area contributed by atoms with Gasteiger partial charge in [-0.1, -0.05) is 0 Å². The van der Waals surface area contributed by atoms with Gasteiger partial charge in [0.1, 0.15) is 17.7 Å². The van der Waals surface area contributed by atoms with Crippen LogP contribution in [0.1, 0.15) is 11.6 Å². The molecule has 0 bridgehead atoms. The average molecular weight is 228 g/mol. The van der Waals surface area contributed by atoms with Crippen molar-refractivity contribution < 1.29 is 13.6 Å². The summed E-state index contributed by atoms with van der Waals surface area (Å²) in [5, 5.41) is 4.98. The molecule has 0 radical (unpaired) electrons. The Kier molecular flexibility index (Phi) is 2.36. The Labute approximate surface area is 89.5 Å². The number of carbonyl (C=O) groups is 1. The van der Waals surface area contributed by atoms with Gasteiger partial charge in [0.15, 0.2) is 5.11 Å². The van der Waals surface area contributed by atoms with Crippen LogP contribution in [-0.2, 0) is 4.79 Å². The number of amides is 1. The highest BCUT2D eigenvalue weighted by Gasteiger charge is 2.30. The summed E-state index contributed by atoms with van der Waals surface area (Å²) in [4.78, 5) is 11.3. The summed E-state index contributed by atoms with van der Waals surface area (Å²) in [5.41, 5.74) is -0.0487. The Hall–Kier alpha value is -1.56. The van der Waals surface area contributed by atoms with Crippen LogP contribution in [0, 0.1) is 11.6 Å². The molecule has 1 aromatic carbocycles. The van der Waals surface area contributed by atoms with E-state index in [1.54, 1.807) is 0 Å². The Morgan fingerprint density at radius 2 is 2.07 bits per heavy atom. The van der Waals surface area contributed by atoms with Crippen LogP contribution >= 0.6 is 12.2 Å². The Bertz CT molecular complexity index is 450. The minimum absolute atomic E-state index is 0.0487. The van der Waals surface area contributed by atoms with Gasteiger partial charge in [-0.25, -0.2) is 8.78 Å². The third kappa shape index (κ3) is 1.80. The molecular weight excluding hydrogens is 222 g/mol. The van der Waals surface area contributed by atoms with E-state index in [1.165, 1.54) is 0 Å². The van der Waals surface area contributed by atoms with Gasteiger partial charge in [0.2, 0.25) is 0 Å². The molecule has 2 N–H and O–H groups in total. The molecule has 0 aromatic heterocycles. The summed E-state index contributed by atoms with van der Waals surface area (Å²) < 4.78 is 26.2. The molecule has 1 amide bonds. The van der Waals surface area contributed by atoms with Gasteiger partial charge in [-0.2, -0.15) is 0 Å². The molecule has 1 saturated heterocycles. The van der Waals surface area contributed by atoms with Gasteiger partial charge in [-0.3, -0.25) is 4.79 Å². The molecule has 15 heavy (non-hydrogen) atoms. The number of nitrogens with one attached hydrogen (secondary N) is 2. The molecule has 0 saturated carbocycles. The molecule has 1 aromatic rings. The molecule has 1 fully saturated rings. The van der Waals surface area contributed by atoms with Crippen LogP contribution in [0.2, 0.25) is 0 Å². The van der Waals surface area contributed by atoms with E-state index in [0.717, 1.165) is 18.2 Å². The van der Waals surface area contributed by atoms with Crippen molar-refractivity contribution in [2.75, 3.05) is 0 Å². The SMILES string of the molecule is O=C1NC(=S)NC1c1cc(F)ccc1F. The third-order valence-corrected chi connectivity index (χ3v) is 2.26. The number of rotatable bonds is 1. The molecule has 1 aliphatic rings. The lowest BCUT2D eigenvalue weighted by Crippen LogP contribution is -2.21. The molecule has 1 atom stereocenters. The second-order valence-corrected chi connectivity index (χ2v) is 3.47. The molecular formula is C9H6F2N2OS. The minimum Gasteiger partial charge on any atom is -0.347 e. The van der Waals surface area contributed by atoms with Crippen molar-refractivity contribution in [3.8, 4) is 0 Å². The van der Waals surface area contributed by atoms with E-state index in [0.29, 0.717) is 0 Å². The maximum Gasteiger partial charge on any atom is 0.253 e. The van der Waals surface area contributed by atoms with Crippen LogP contribution in [-0.4, -0.2) is 11.0 Å². The fourth-order valence-electron chi connectivity index (χ4n) is 1.37. The molecule has 2 rings (SSSR count). The highest BCUT2D eigenvalue weighted by Crippen LogP contribution is 2.20. The van der Waals surface area contributed by atoms with E-state index in [4.69, 9.17) is 12.2 Å². The van der Waals surface area contributed by atoms with Gasteiger partial charge in [-0.15, -0.1) is 0 Å². The number of halogens is 2. The van der Waals surface area contributed by atoms with E-state index < -0.39 is 23.6 Å². The van der Waals surface area contributed by atoms with E-state index in [2.05, 4.69) is 10.6 Å². The summed E-state index contributed by atoms with van der Waals surface area (Å²) in [6.07, 6.45) is 0. The van der Waals surface area contributed by atoms with Gasteiger partial charge >= 0.3 is 0 Å². The van der Waals surface area contributed by atoms with Crippen molar-refractivity contribution in [3.05, 3.63) is 35.4 Å². The summed E-state index contributed by atoms with van der Waals surface area (Å²) in [6, 6.07) is 1.99. The van der Waals surface area contributed by atoms with Crippen molar-refractivity contribution in [1.29, 1.82) is 0 Å². The van der Waals surface area contributed by atoms with Crippen molar-refractivity contribution in [3.63, 3.8) is 0 Å². The van der Waals surface area contributed by atoms with Crippen LogP contribution in [0.4, 0.5) is 8.78 Å². The first-order chi connectivity index (χ1) is 7.08. The third-order valence-electron chi connectivity index (χ3n) is 2.04. The topological polar surface area (TPSA) is 41.1 Å². The van der Waals surface area contributed by atoms with Crippen LogP contribution in [0.5, 0.6) is 0 Å². The van der Waals surface area contributed by atoms with E-state index in [1.807, 2.05) is 0 Å². The smallest absolute Gasteiger partial charge is 0.253 e. The summed E-state index contributed by atoms with van der Waals surface area (Å²) in [7, 11) is 0. The second-order valence-electron chi connectivity index (χ2n) is 3.06. The molecule has 1 heterocycles. The van der Waals surface area contributed by atoms with Crippen molar-refractivity contribution in [2.45, 2.75) is 6.04 Å². The Balaban J connectivity index is 2.41. The number of hydrogen-bond acceptors (Lipinski definition) is 2. The zero-order valence-corrected chi connectivity index (χ0v) is 8.20. The first kappa shape index (κ1) is 9.97.